The molecule has 0 bridgehead atoms. The molecular weight excluding hydrogens is 180 g/mol. The minimum absolute atomic E-state index is 0.0336. The van der Waals surface area contributed by atoms with Crippen LogP contribution in [0.1, 0.15) is 20.3 Å². The maximum atomic E-state index is 11.8. The van der Waals surface area contributed by atoms with Gasteiger partial charge in [-0.1, -0.05) is 0 Å². The summed E-state index contributed by atoms with van der Waals surface area (Å²) < 4.78 is 5.07. The number of hydrogen-bond donors (Lipinski definition) is 1. The third-order valence-electron chi connectivity index (χ3n) is 2.94. The van der Waals surface area contributed by atoms with Crippen molar-refractivity contribution >= 4 is 5.91 Å². The summed E-state index contributed by atoms with van der Waals surface area (Å²) in [4.78, 5) is 13.8. The Morgan fingerprint density at radius 2 is 2.21 bits per heavy atom. The van der Waals surface area contributed by atoms with Crippen molar-refractivity contribution in [2.45, 2.75) is 38.4 Å². The van der Waals surface area contributed by atoms with Crippen molar-refractivity contribution in [3.05, 3.63) is 0 Å². The van der Waals surface area contributed by atoms with Crippen LogP contribution in [-0.2, 0) is 9.53 Å². The van der Waals surface area contributed by atoms with E-state index < -0.39 is 0 Å². The molecule has 2 rings (SSSR count). The molecule has 0 radical (unpaired) electrons. The molecule has 4 nitrogen and oxygen atoms in total. The number of nitrogens with one attached hydrogen (secondary N) is 1. The van der Waals surface area contributed by atoms with Gasteiger partial charge in [0.1, 0.15) is 0 Å². The average Bonchev–Trinajstić information content (AvgIpc) is 2.40. The first-order chi connectivity index (χ1) is 6.68. The number of carbonyl (C=O) groups is 1. The van der Waals surface area contributed by atoms with Crippen LogP contribution in [0.4, 0.5) is 0 Å². The van der Waals surface area contributed by atoms with Gasteiger partial charge in [-0.05, 0) is 20.3 Å². The first-order valence-corrected chi connectivity index (χ1v) is 5.32. The maximum absolute atomic E-state index is 11.8. The highest BCUT2D eigenvalue weighted by atomic mass is 16.5. The molecule has 2 aliphatic heterocycles. The van der Waals surface area contributed by atoms with E-state index in [4.69, 9.17) is 4.74 Å². The van der Waals surface area contributed by atoms with Crippen LogP contribution in [-0.4, -0.2) is 48.7 Å². The minimum Gasteiger partial charge on any atom is -0.378 e. The van der Waals surface area contributed by atoms with E-state index >= 15 is 0 Å². The Balaban J connectivity index is 1.86. The number of rotatable bonds is 3. The third kappa shape index (κ3) is 1.77. The molecule has 0 saturated carbocycles. The Morgan fingerprint density at radius 3 is 2.64 bits per heavy atom. The summed E-state index contributed by atoms with van der Waals surface area (Å²) in [5.74, 6) is 0.256. The number of hydrogen-bond acceptors (Lipinski definition) is 3. The number of likely N-dealkylation sites (tertiary alicyclic amines) is 1. The summed E-state index contributed by atoms with van der Waals surface area (Å²) in [6, 6.07) is 0.759. The van der Waals surface area contributed by atoms with E-state index in [-0.39, 0.29) is 11.9 Å². The molecule has 1 N–H and O–H groups in total. The van der Waals surface area contributed by atoms with Crippen LogP contribution < -0.4 is 5.32 Å². The molecule has 1 amide bonds. The van der Waals surface area contributed by atoms with Crippen molar-refractivity contribution in [1.29, 1.82) is 0 Å². The van der Waals surface area contributed by atoms with Crippen LogP contribution in [0.3, 0.4) is 0 Å². The van der Waals surface area contributed by atoms with Crippen molar-refractivity contribution in [3.63, 3.8) is 0 Å². The molecule has 80 valence electrons. The Labute approximate surface area is 84.6 Å². The number of nitrogens with zero attached hydrogens (tertiary/aromatic N) is 1. The first kappa shape index (κ1) is 9.93. The standard InChI is InChI=1S/C10H18N2O2/c1-7(2)12-4-3-9(10(12)13)11-8-5-14-6-8/h7-9,11H,3-6H2,1-2H3. The summed E-state index contributed by atoms with van der Waals surface area (Å²) in [7, 11) is 0. The fraction of sp³-hybridized carbons (Fsp3) is 0.900. The lowest BCUT2D eigenvalue weighted by molar-refractivity contribution is -0.131. The zero-order valence-corrected chi connectivity index (χ0v) is 8.82. The molecule has 4 heteroatoms. The van der Waals surface area contributed by atoms with E-state index in [9.17, 15) is 4.79 Å². The molecule has 1 unspecified atom stereocenters. The van der Waals surface area contributed by atoms with Gasteiger partial charge in [-0.15, -0.1) is 0 Å². The molecule has 2 fully saturated rings. The summed E-state index contributed by atoms with van der Waals surface area (Å²) in [5.41, 5.74) is 0. The summed E-state index contributed by atoms with van der Waals surface area (Å²) in [6.07, 6.45) is 0.938. The Hall–Kier alpha value is -0.610. The second-order valence-electron chi connectivity index (χ2n) is 4.37. The monoisotopic (exact) mass is 198 g/mol. The predicted octanol–water partition coefficient (Wildman–Crippen LogP) is -0.0159. The molecular formula is C10H18N2O2. The molecule has 2 heterocycles. The highest BCUT2D eigenvalue weighted by Gasteiger charge is 2.35. The first-order valence-electron chi connectivity index (χ1n) is 5.32. The Bertz CT molecular complexity index is 226. The lowest BCUT2D eigenvalue weighted by atomic mass is 10.2. The van der Waals surface area contributed by atoms with E-state index in [0.717, 1.165) is 26.2 Å². The van der Waals surface area contributed by atoms with Crippen LogP contribution in [0, 0.1) is 0 Å². The summed E-state index contributed by atoms with van der Waals surface area (Å²) in [6.45, 7) is 6.53. The maximum Gasteiger partial charge on any atom is 0.240 e. The molecule has 0 aromatic carbocycles. The van der Waals surface area contributed by atoms with Gasteiger partial charge < -0.3 is 9.64 Å². The zero-order valence-electron chi connectivity index (χ0n) is 8.82. The lowest BCUT2D eigenvalue weighted by Gasteiger charge is -2.29. The summed E-state index contributed by atoms with van der Waals surface area (Å²) in [5, 5.41) is 3.33. The van der Waals surface area contributed by atoms with Gasteiger partial charge in [0.25, 0.3) is 0 Å². The molecule has 0 aliphatic carbocycles. The van der Waals surface area contributed by atoms with Gasteiger partial charge in [-0.2, -0.15) is 0 Å². The number of ether oxygens (including phenoxy) is 1. The number of amides is 1. The predicted molar refractivity (Wildman–Crippen MR) is 53.0 cm³/mol. The smallest absolute Gasteiger partial charge is 0.240 e. The largest absolute Gasteiger partial charge is 0.378 e. The molecule has 2 aliphatic rings. The van der Waals surface area contributed by atoms with Gasteiger partial charge in [0.05, 0.1) is 25.3 Å². The van der Waals surface area contributed by atoms with Crippen LogP contribution in [0.5, 0.6) is 0 Å². The second kappa shape index (κ2) is 3.87. The van der Waals surface area contributed by atoms with E-state index in [0.29, 0.717) is 12.1 Å². The fourth-order valence-corrected chi connectivity index (χ4v) is 1.99. The summed E-state index contributed by atoms with van der Waals surface area (Å²) >= 11 is 0. The van der Waals surface area contributed by atoms with Gasteiger partial charge in [-0.25, -0.2) is 0 Å². The molecule has 2 saturated heterocycles. The third-order valence-corrected chi connectivity index (χ3v) is 2.94. The molecule has 0 spiro atoms. The molecule has 0 aromatic rings. The van der Waals surface area contributed by atoms with Crippen molar-refractivity contribution in [2.75, 3.05) is 19.8 Å². The van der Waals surface area contributed by atoms with Gasteiger partial charge in [0.15, 0.2) is 0 Å². The van der Waals surface area contributed by atoms with Crippen molar-refractivity contribution in [2.24, 2.45) is 0 Å². The van der Waals surface area contributed by atoms with E-state index in [2.05, 4.69) is 19.2 Å². The molecule has 0 aromatic heterocycles. The Morgan fingerprint density at radius 1 is 1.50 bits per heavy atom. The van der Waals surface area contributed by atoms with Crippen molar-refractivity contribution in [3.8, 4) is 0 Å². The van der Waals surface area contributed by atoms with Crippen molar-refractivity contribution in [1.82, 2.24) is 10.2 Å². The molecule has 14 heavy (non-hydrogen) atoms. The van der Waals surface area contributed by atoms with E-state index in [1.807, 2.05) is 4.90 Å². The van der Waals surface area contributed by atoms with Gasteiger partial charge in [-0.3, -0.25) is 10.1 Å². The molecule has 1 atom stereocenters. The minimum atomic E-state index is 0.0336. The van der Waals surface area contributed by atoms with E-state index in [1.165, 1.54) is 0 Å². The SMILES string of the molecule is CC(C)N1CCC(NC2COC2)C1=O. The lowest BCUT2D eigenvalue weighted by Crippen LogP contribution is -2.53. The zero-order chi connectivity index (χ0) is 10.1. The van der Waals surface area contributed by atoms with Crippen molar-refractivity contribution < 1.29 is 9.53 Å². The van der Waals surface area contributed by atoms with Crippen LogP contribution in [0.25, 0.3) is 0 Å². The average molecular weight is 198 g/mol. The van der Waals surface area contributed by atoms with Gasteiger partial charge in [0.2, 0.25) is 5.91 Å². The van der Waals surface area contributed by atoms with Crippen LogP contribution in [0.15, 0.2) is 0 Å². The van der Waals surface area contributed by atoms with E-state index in [1.54, 1.807) is 0 Å². The normalized spacial score (nSPS) is 28.6. The van der Waals surface area contributed by atoms with Gasteiger partial charge in [0, 0.05) is 12.6 Å². The second-order valence-corrected chi connectivity index (χ2v) is 4.37. The van der Waals surface area contributed by atoms with Gasteiger partial charge >= 0.3 is 0 Å². The quantitative estimate of drug-likeness (QED) is 0.693. The fourth-order valence-electron chi connectivity index (χ4n) is 1.99. The van der Waals surface area contributed by atoms with Crippen LogP contribution >= 0.6 is 0 Å². The highest BCUT2D eigenvalue weighted by Crippen LogP contribution is 2.15. The van der Waals surface area contributed by atoms with Crippen LogP contribution in [0.2, 0.25) is 0 Å². The topological polar surface area (TPSA) is 41.6 Å². The Kier molecular flexibility index (Phi) is 2.74. The highest BCUT2D eigenvalue weighted by molar-refractivity contribution is 5.84. The number of carbonyl (C=O) groups excluding carboxylic acids is 1.